The van der Waals surface area contributed by atoms with Crippen molar-refractivity contribution in [1.82, 2.24) is 20.3 Å². The second-order valence-corrected chi connectivity index (χ2v) is 6.03. The first-order chi connectivity index (χ1) is 11.2. The minimum Gasteiger partial charge on any atom is -0.350 e. The summed E-state index contributed by atoms with van der Waals surface area (Å²) in [6.45, 7) is 1.07. The fourth-order valence-electron chi connectivity index (χ4n) is 2.70. The summed E-state index contributed by atoms with van der Waals surface area (Å²) in [6, 6.07) is 7.01. The highest BCUT2D eigenvalue weighted by molar-refractivity contribution is 6.33. The first-order valence-electron chi connectivity index (χ1n) is 7.82. The van der Waals surface area contributed by atoms with Gasteiger partial charge in [-0.1, -0.05) is 41.1 Å². The molecule has 1 aromatic heterocycles. The van der Waals surface area contributed by atoms with E-state index in [4.69, 9.17) is 11.6 Å². The largest absolute Gasteiger partial charge is 0.350 e. The van der Waals surface area contributed by atoms with Crippen molar-refractivity contribution in [3.63, 3.8) is 0 Å². The lowest BCUT2D eigenvalue weighted by molar-refractivity contribution is 0.0952. The molecule has 0 spiro atoms. The predicted octanol–water partition coefficient (Wildman–Crippen LogP) is 3.19. The zero-order chi connectivity index (χ0) is 16.1. The molecular weight excluding hydrogens is 312 g/mol. The third-order valence-electron chi connectivity index (χ3n) is 3.99. The van der Waals surface area contributed by atoms with Gasteiger partial charge in [-0.2, -0.15) is 0 Å². The van der Waals surface area contributed by atoms with Crippen molar-refractivity contribution in [3.8, 4) is 0 Å². The van der Waals surface area contributed by atoms with Gasteiger partial charge in [-0.05, 0) is 31.4 Å². The fourth-order valence-corrected chi connectivity index (χ4v) is 2.92. The van der Waals surface area contributed by atoms with Crippen molar-refractivity contribution < 1.29 is 4.79 Å². The molecule has 0 fully saturated rings. The predicted molar refractivity (Wildman–Crippen MR) is 89.5 cm³/mol. The Hall–Kier alpha value is -2.14. The Morgan fingerprint density at radius 1 is 1.35 bits per heavy atom. The molecule has 0 radical (unpaired) electrons. The van der Waals surface area contributed by atoms with E-state index in [0.29, 0.717) is 29.6 Å². The lowest BCUT2D eigenvalue weighted by Gasteiger charge is -2.13. The van der Waals surface area contributed by atoms with E-state index in [1.807, 2.05) is 6.20 Å². The highest BCUT2D eigenvalue weighted by Gasteiger charge is 2.16. The molecule has 0 unspecified atom stereocenters. The van der Waals surface area contributed by atoms with Crippen molar-refractivity contribution in [2.24, 2.45) is 0 Å². The molecule has 0 aliphatic heterocycles. The van der Waals surface area contributed by atoms with Crippen molar-refractivity contribution in [2.75, 3.05) is 6.54 Å². The number of nitrogens with zero attached hydrogens (tertiary/aromatic N) is 3. The number of benzene rings is 1. The summed E-state index contributed by atoms with van der Waals surface area (Å²) in [7, 11) is 0. The summed E-state index contributed by atoms with van der Waals surface area (Å²) in [5.41, 5.74) is 1.52. The molecule has 1 amide bonds. The number of amides is 1. The summed E-state index contributed by atoms with van der Waals surface area (Å²) in [5, 5.41) is 11.7. The van der Waals surface area contributed by atoms with E-state index in [0.717, 1.165) is 25.0 Å². The average Bonchev–Trinajstić information content (AvgIpc) is 3.05. The molecule has 0 saturated heterocycles. The van der Waals surface area contributed by atoms with Gasteiger partial charge >= 0.3 is 0 Å². The SMILES string of the molecule is O=C(NCCn1cc([C@H]2CC=CCC2)nn1)c1ccccc1Cl. The number of halogens is 1. The molecule has 1 N–H and O–H groups in total. The second kappa shape index (κ2) is 7.42. The van der Waals surface area contributed by atoms with E-state index in [2.05, 4.69) is 27.8 Å². The second-order valence-electron chi connectivity index (χ2n) is 5.62. The van der Waals surface area contributed by atoms with Crippen molar-refractivity contribution in [1.29, 1.82) is 0 Å². The zero-order valence-electron chi connectivity index (χ0n) is 12.8. The van der Waals surface area contributed by atoms with Gasteiger partial charge in [-0.3, -0.25) is 9.48 Å². The van der Waals surface area contributed by atoms with Crippen LogP contribution in [0.1, 0.15) is 41.2 Å². The monoisotopic (exact) mass is 330 g/mol. The molecular formula is C17H19ClN4O. The minimum atomic E-state index is -0.173. The molecule has 0 bridgehead atoms. The Labute approximate surface area is 140 Å². The van der Waals surface area contributed by atoms with E-state index in [1.54, 1.807) is 28.9 Å². The van der Waals surface area contributed by atoms with Crippen LogP contribution in [-0.4, -0.2) is 27.4 Å². The van der Waals surface area contributed by atoms with Gasteiger partial charge < -0.3 is 5.32 Å². The molecule has 23 heavy (non-hydrogen) atoms. The van der Waals surface area contributed by atoms with Gasteiger partial charge in [-0.25, -0.2) is 0 Å². The Morgan fingerprint density at radius 3 is 3.00 bits per heavy atom. The van der Waals surface area contributed by atoms with Crippen LogP contribution in [0, 0.1) is 0 Å². The molecule has 1 aliphatic rings. The third-order valence-corrected chi connectivity index (χ3v) is 4.32. The Bertz CT molecular complexity index is 710. The number of rotatable bonds is 5. The number of carbonyl (C=O) groups is 1. The first kappa shape index (κ1) is 15.7. The van der Waals surface area contributed by atoms with Crippen LogP contribution in [0.3, 0.4) is 0 Å². The van der Waals surface area contributed by atoms with Gasteiger partial charge in [-0.15, -0.1) is 5.10 Å². The Balaban J connectivity index is 1.51. The van der Waals surface area contributed by atoms with E-state index < -0.39 is 0 Å². The summed E-state index contributed by atoms with van der Waals surface area (Å²) in [4.78, 5) is 12.1. The third kappa shape index (κ3) is 3.99. The minimum absolute atomic E-state index is 0.173. The van der Waals surface area contributed by atoms with E-state index >= 15 is 0 Å². The standard InChI is InChI=1S/C17H19ClN4O/c18-15-9-5-4-8-14(15)17(23)19-10-11-22-12-16(20-21-22)13-6-2-1-3-7-13/h1-2,4-5,8-9,12-13H,3,6-7,10-11H2,(H,19,23)/t13-/m0/s1. The van der Waals surface area contributed by atoms with Crippen molar-refractivity contribution >= 4 is 17.5 Å². The van der Waals surface area contributed by atoms with Gasteiger partial charge in [0.05, 0.1) is 22.8 Å². The zero-order valence-corrected chi connectivity index (χ0v) is 13.5. The summed E-state index contributed by atoms with van der Waals surface area (Å²) in [6.07, 6.45) is 9.65. The van der Waals surface area contributed by atoms with Crippen LogP contribution in [0.2, 0.25) is 5.02 Å². The molecule has 1 aromatic carbocycles. The molecule has 120 valence electrons. The molecule has 1 heterocycles. The number of nitrogens with one attached hydrogen (secondary N) is 1. The summed E-state index contributed by atoms with van der Waals surface area (Å²) < 4.78 is 1.78. The first-order valence-corrected chi connectivity index (χ1v) is 8.19. The van der Waals surface area contributed by atoms with Crippen LogP contribution >= 0.6 is 11.6 Å². The van der Waals surface area contributed by atoms with Crippen LogP contribution in [0.15, 0.2) is 42.6 Å². The quantitative estimate of drug-likeness (QED) is 0.856. The number of aromatic nitrogens is 3. The van der Waals surface area contributed by atoms with Crippen LogP contribution in [0.4, 0.5) is 0 Å². The number of hydrogen-bond acceptors (Lipinski definition) is 3. The lowest BCUT2D eigenvalue weighted by atomic mass is 9.92. The van der Waals surface area contributed by atoms with Gasteiger partial charge in [0.15, 0.2) is 0 Å². The molecule has 5 nitrogen and oxygen atoms in total. The lowest BCUT2D eigenvalue weighted by Crippen LogP contribution is -2.27. The van der Waals surface area contributed by atoms with Crippen LogP contribution in [0.5, 0.6) is 0 Å². The summed E-state index contributed by atoms with van der Waals surface area (Å²) in [5.74, 6) is 0.292. The highest BCUT2D eigenvalue weighted by Crippen LogP contribution is 2.27. The van der Waals surface area contributed by atoms with Crippen LogP contribution < -0.4 is 5.32 Å². The molecule has 1 aliphatic carbocycles. The smallest absolute Gasteiger partial charge is 0.252 e. The Kier molecular flexibility index (Phi) is 5.08. The maximum atomic E-state index is 12.1. The number of carbonyl (C=O) groups excluding carboxylic acids is 1. The van der Waals surface area contributed by atoms with Gasteiger partial charge in [0.2, 0.25) is 0 Å². The van der Waals surface area contributed by atoms with E-state index in [1.165, 1.54) is 0 Å². The normalized spacial score (nSPS) is 17.2. The van der Waals surface area contributed by atoms with E-state index in [9.17, 15) is 4.79 Å². The van der Waals surface area contributed by atoms with E-state index in [-0.39, 0.29) is 5.91 Å². The van der Waals surface area contributed by atoms with Crippen LogP contribution in [0.25, 0.3) is 0 Å². The maximum Gasteiger partial charge on any atom is 0.252 e. The highest BCUT2D eigenvalue weighted by atomic mass is 35.5. The maximum absolute atomic E-state index is 12.1. The number of allylic oxidation sites excluding steroid dienone is 2. The molecule has 2 aromatic rings. The molecule has 6 heteroatoms. The average molecular weight is 331 g/mol. The molecule has 0 saturated carbocycles. The van der Waals surface area contributed by atoms with Crippen LogP contribution in [-0.2, 0) is 6.54 Å². The van der Waals surface area contributed by atoms with Crippen molar-refractivity contribution in [3.05, 3.63) is 58.9 Å². The van der Waals surface area contributed by atoms with Gasteiger partial charge in [0.1, 0.15) is 0 Å². The summed E-state index contributed by atoms with van der Waals surface area (Å²) >= 11 is 6.01. The molecule has 3 rings (SSSR count). The van der Waals surface area contributed by atoms with Gasteiger partial charge in [0, 0.05) is 18.7 Å². The topological polar surface area (TPSA) is 59.8 Å². The number of hydrogen-bond donors (Lipinski definition) is 1. The van der Waals surface area contributed by atoms with Gasteiger partial charge in [0.25, 0.3) is 5.91 Å². The fraction of sp³-hybridized carbons (Fsp3) is 0.353. The molecule has 1 atom stereocenters. The van der Waals surface area contributed by atoms with Crippen molar-refractivity contribution in [2.45, 2.75) is 31.7 Å². The Morgan fingerprint density at radius 2 is 2.22 bits per heavy atom.